The molecular formula is C15H28. The van der Waals surface area contributed by atoms with Crippen LogP contribution in [0.5, 0.6) is 0 Å². The smallest absolute Gasteiger partial charge is 0.0320 e. The standard InChI is InChI=1S/C15H28/c1-2-3-9-12-15-13-10-7-5-4-6-8-11-14-15/h12H,2-11,13-14H2,1H3. The van der Waals surface area contributed by atoms with E-state index in [1.54, 1.807) is 5.57 Å². The topological polar surface area (TPSA) is 0 Å². The second-order valence-corrected chi connectivity index (χ2v) is 4.98. The van der Waals surface area contributed by atoms with E-state index in [2.05, 4.69) is 13.0 Å². The molecule has 0 aromatic carbocycles. The van der Waals surface area contributed by atoms with Crippen LogP contribution in [-0.4, -0.2) is 0 Å². The minimum absolute atomic E-state index is 1.33. The molecule has 0 unspecified atom stereocenters. The van der Waals surface area contributed by atoms with Crippen molar-refractivity contribution in [3.8, 4) is 0 Å². The van der Waals surface area contributed by atoms with Gasteiger partial charge in [0.2, 0.25) is 0 Å². The molecule has 0 radical (unpaired) electrons. The van der Waals surface area contributed by atoms with Crippen molar-refractivity contribution in [2.45, 2.75) is 84.0 Å². The quantitative estimate of drug-likeness (QED) is 0.416. The molecule has 1 saturated carbocycles. The Balaban J connectivity index is 2.27. The van der Waals surface area contributed by atoms with Crippen LogP contribution in [0.15, 0.2) is 11.6 Å². The van der Waals surface area contributed by atoms with E-state index in [4.69, 9.17) is 0 Å². The molecule has 0 saturated heterocycles. The highest BCUT2D eigenvalue weighted by molar-refractivity contribution is 5.02. The highest BCUT2D eigenvalue weighted by Gasteiger charge is 2.01. The Kier molecular flexibility index (Phi) is 7.69. The monoisotopic (exact) mass is 208 g/mol. The molecule has 1 aliphatic carbocycles. The summed E-state index contributed by atoms with van der Waals surface area (Å²) in [6, 6.07) is 0. The average molecular weight is 208 g/mol. The molecule has 1 fully saturated rings. The summed E-state index contributed by atoms with van der Waals surface area (Å²) in [6.07, 6.45) is 19.6. The van der Waals surface area contributed by atoms with Gasteiger partial charge in [-0.2, -0.15) is 0 Å². The minimum Gasteiger partial charge on any atom is -0.0853 e. The molecule has 0 heteroatoms. The van der Waals surface area contributed by atoms with Crippen LogP contribution in [0.25, 0.3) is 0 Å². The second kappa shape index (κ2) is 9.00. The Morgan fingerprint density at radius 1 is 0.867 bits per heavy atom. The Bertz CT molecular complexity index is 155. The Hall–Kier alpha value is -0.260. The van der Waals surface area contributed by atoms with Gasteiger partial charge < -0.3 is 0 Å². The van der Waals surface area contributed by atoms with E-state index >= 15 is 0 Å². The molecule has 0 amide bonds. The predicted molar refractivity (Wildman–Crippen MR) is 69.2 cm³/mol. The third-order valence-electron chi connectivity index (χ3n) is 3.49. The molecule has 0 atom stereocenters. The zero-order chi connectivity index (χ0) is 10.8. The van der Waals surface area contributed by atoms with Crippen molar-refractivity contribution in [2.75, 3.05) is 0 Å². The minimum atomic E-state index is 1.33. The molecule has 0 aromatic heterocycles. The van der Waals surface area contributed by atoms with Crippen LogP contribution < -0.4 is 0 Å². The van der Waals surface area contributed by atoms with Gasteiger partial charge in [-0.1, -0.05) is 63.5 Å². The van der Waals surface area contributed by atoms with Gasteiger partial charge in [-0.05, 0) is 32.1 Å². The van der Waals surface area contributed by atoms with Gasteiger partial charge in [0.1, 0.15) is 0 Å². The van der Waals surface area contributed by atoms with E-state index in [1.165, 1.54) is 77.0 Å². The molecule has 0 nitrogen and oxygen atoms in total. The van der Waals surface area contributed by atoms with Crippen LogP contribution >= 0.6 is 0 Å². The molecular weight excluding hydrogens is 180 g/mol. The first-order chi connectivity index (χ1) is 7.43. The van der Waals surface area contributed by atoms with E-state index < -0.39 is 0 Å². The summed E-state index contributed by atoms with van der Waals surface area (Å²) in [7, 11) is 0. The number of rotatable bonds is 3. The lowest BCUT2D eigenvalue weighted by molar-refractivity contribution is 0.550. The van der Waals surface area contributed by atoms with Crippen LogP contribution in [-0.2, 0) is 0 Å². The molecule has 0 N–H and O–H groups in total. The van der Waals surface area contributed by atoms with Crippen molar-refractivity contribution < 1.29 is 0 Å². The van der Waals surface area contributed by atoms with Crippen molar-refractivity contribution >= 4 is 0 Å². The van der Waals surface area contributed by atoms with Crippen molar-refractivity contribution in [2.24, 2.45) is 0 Å². The zero-order valence-corrected chi connectivity index (χ0v) is 10.6. The van der Waals surface area contributed by atoms with Crippen molar-refractivity contribution in [1.82, 2.24) is 0 Å². The van der Waals surface area contributed by atoms with Gasteiger partial charge in [-0.15, -0.1) is 0 Å². The normalized spacial score (nSPS) is 19.9. The lowest BCUT2D eigenvalue weighted by atomic mass is 9.96. The number of unbranched alkanes of at least 4 members (excludes halogenated alkanes) is 2. The van der Waals surface area contributed by atoms with Crippen molar-refractivity contribution in [3.05, 3.63) is 11.6 Å². The van der Waals surface area contributed by atoms with Gasteiger partial charge in [0.15, 0.2) is 0 Å². The van der Waals surface area contributed by atoms with Crippen molar-refractivity contribution in [3.63, 3.8) is 0 Å². The summed E-state index contributed by atoms with van der Waals surface area (Å²) < 4.78 is 0. The van der Waals surface area contributed by atoms with Gasteiger partial charge in [0.25, 0.3) is 0 Å². The first kappa shape index (κ1) is 12.8. The number of allylic oxidation sites excluding steroid dienone is 2. The van der Waals surface area contributed by atoms with Crippen LogP contribution in [0, 0.1) is 0 Å². The van der Waals surface area contributed by atoms with E-state index in [0.29, 0.717) is 0 Å². The molecule has 88 valence electrons. The molecule has 0 heterocycles. The molecule has 1 aliphatic rings. The first-order valence-corrected chi connectivity index (χ1v) is 7.11. The van der Waals surface area contributed by atoms with Gasteiger partial charge in [0.05, 0.1) is 0 Å². The van der Waals surface area contributed by atoms with Gasteiger partial charge >= 0.3 is 0 Å². The largest absolute Gasteiger partial charge is 0.0853 e. The highest BCUT2D eigenvalue weighted by Crippen LogP contribution is 2.21. The number of hydrogen-bond donors (Lipinski definition) is 0. The fourth-order valence-electron chi connectivity index (χ4n) is 2.43. The lowest BCUT2D eigenvalue weighted by Gasteiger charge is -2.10. The maximum absolute atomic E-state index is 2.55. The van der Waals surface area contributed by atoms with Crippen LogP contribution in [0.4, 0.5) is 0 Å². The Labute approximate surface area is 96.2 Å². The predicted octanol–water partition coefficient (Wildman–Crippen LogP) is 5.63. The summed E-state index contributed by atoms with van der Waals surface area (Å²) in [5, 5.41) is 0. The SMILES string of the molecule is CCCCC=C1CCCCCCCCC1. The molecule has 0 aliphatic heterocycles. The average Bonchev–Trinajstić information content (AvgIpc) is 2.27. The maximum Gasteiger partial charge on any atom is -0.0320 e. The van der Waals surface area contributed by atoms with Gasteiger partial charge in [0, 0.05) is 0 Å². The summed E-state index contributed by atoms with van der Waals surface area (Å²) >= 11 is 0. The van der Waals surface area contributed by atoms with Gasteiger partial charge in [-0.3, -0.25) is 0 Å². The maximum atomic E-state index is 2.55. The molecule has 0 aromatic rings. The third-order valence-corrected chi connectivity index (χ3v) is 3.49. The van der Waals surface area contributed by atoms with Crippen LogP contribution in [0.3, 0.4) is 0 Å². The summed E-state index contributed by atoms with van der Waals surface area (Å²) in [5.41, 5.74) is 1.77. The lowest BCUT2D eigenvalue weighted by Crippen LogP contribution is -1.91. The van der Waals surface area contributed by atoms with E-state index in [0.717, 1.165) is 0 Å². The fraction of sp³-hybridized carbons (Fsp3) is 0.867. The van der Waals surface area contributed by atoms with E-state index in [1.807, 2.05) is 0 Å². The fourth-order valence-corrected chi connectivity index (χ4v) is 2.43. The Morgan fingerprint density at radius 2 is 1.40 bits per heavy atom. The summed E-state index contributed by atoms with van der Waals surface area (Å²) in [4.78, 5) is 0. The first-order valence-electron chi connectivity index (χ1n) is 7.11. The second-order valence-electron chi connectivity index (χ2n) is 4.98. The van der Waals surface area contributed by atoms with E-state index in [-0.39, 0.29) is 0 Å². The molecule has 1 rings (SSSR count). The Morgan fingerprint density at radius 3 is 1.93 bits per heavy atom. The highest BCUT2D eigenvalue weighted by atomic mass is 14.1. The summed E-state index contributed by atoms with van der Waals surface area (Å²) in [6.45, 7) is 2.28. The van der Waals surface area contributed by atoms with Crippen molar-refractivity contribution in [1.29, 1.82) is 0 Å². The number of hydrogen-bond acceptors (Lipinski definition) is 0. The molecule has 0 spiro atoms. The van der Waals surface area contributed by atoms with Crippen LogP contribution in [0.2, 0.25) is 0 Å². The van der Waals surface area contributed by atoms with E-state index in [9.17, 15) is 0 Å². The third kappa shape index (κ3) is 6.76. The molecule has 0 bridgehead atoms. The van der Waals surface area contributed by atoms with Crippen LogP contribution in [0.1, 0.15) is 84.0 Å². The van der Waals surface area contributed by atoms with Gasteiger partial charge in [-0.25, -0.2) is 0 Å². The summed E-state index contributed by atoms with van der Waals surface area (Å²) in [5.74, 6) is 0. The zero-order valence-electron chi connectivity index (χ0n) is 10.6. The molecule has 15 heavy (non-hydrogen) atoms.